The van der Waals surface area contributed by atoms with Crippen LogP contribution in [0.4, 0.5) is 5.69 Å². The second-order valence-electron chi connectivity index (χ2n) is 5.75. The summed E-state index contributed by atoms with van der Waals surface area (Å²) in [5.41, 5.74) is 8.45. The Morgan fingerprint density at radius 1 is 1.12 bits per heavy atom. The van der Waals surface area contributed by atoms with Crippen molar-refractivity contribution in [2.24, 2.45) is 5.92 Å². The van der Waals surface area contributed by atoms with Gasteiger partial charge in [0.1, 0.15) is 0 Å². The molecule has 0 aromatic heterocycles. The Kier molecular flexibility index (Phi) is 5.58. The zero-order valence-electron chi connectivity index (χ0n) is 14.1. The van der Waals surface area contributed by atoms with E-state index in [2.05, 4.69) is 5.32 Å². The number of methoxy groups -OCH3 is 1. The van der Waals surface area contributed by atoms with Gasteiger partial charge in [-0.1, -0.05) is 36.4 Å². The van der Waals surface area contributed by atoms with Crippen LogP contribution in [0.2, 0.25) is 0 Å². The molecule has 2 atom stereocenters. The fraction of sp³-hybridized carbons (Fsp3) is 0.263. The molecule has 0 aliphatic carbocycles. The minimum Gasteiger partial charge on any atom is -0.469 e. The average molecular weight is 326 g/mol. The summed E-state index contributed by atoms with van der Waals surface area (Å²) >= 11 is 0. The van der Waals surface area contributed by atoms with Gasteiger partial charge in [0.25, 0.3) is 5.91 Å². The van der Waals surface area contributed by atoms with Crippen LogP contribution in [0.1, 0.15) is 34.5 Å². The van der Waals surface area contributed by atoms with E-state index in [-0.39, 0.29) is 11.9 Å². The number of aryl methyl sites for hydroxylation is 1. The number of nitrogens with two attached hydrogens (primary N) is 1. The van der Waals surface area contributed by atoms with Crippen LogP contribution in [0.25, 0.3) is 0 Å². The highest BCUT2D eigenvalue weighted by atomic mass is 16.5. The summed E-state index contributed by atoms with van der Waals surface area (Å²) < 4.78 is 4.83. The fourth-order valence-electron chi connectivity index (χ4n) is 2.58. The van der Waals surface area contributed by atoms with Crippen LogP contribution in [0.5, 0.6) is 0 Å². The largest absolute Gasteiger partial charge is 0.469 e. The third-order valence-electron chi connectivity index (χ3n) is 4.02. The van der Waals surface area contributed by atoms with Crippen molar-refractivity contribution in [1.82, 2.24) is 5.32 Å². The number of carbonyl (C=O) groups is 2. The topological polar surface area (TPSA) is 81.4 Å². The number of benzene rings is 2. The molecule has 2 aromatic carbocycles. The monoisotopic (exact) mass is 326 g/mol. The number of ether oxygens (including phenoxy) is 1. The van der Waals surface area contributed by atoms with Gasteiger partial charge in [-0.2, -0.15) is 0 Å². The maximum atomic E-state index is 12.7. The molecule has 1 amide bonds. The van der Waals surface area contributed by atoms with Gasteiger partial charge in [-0.3, -0.25) is 9.59 Å². The highest BCUT2D eigenvalue weighted by molar-refractivity contribution is 5.97. The molecule has 5 nitrogen and oxygen atoms in total. The third-order valence-corrected chi connectivity index (χ3v) is 4.02. The third kappa shape index (κ3) is 3.93. The Morgan fingerprint density at radius 2 is 1.79 bits per heavy atom. The van der Waals surface area contributed by atoms with E-state index in [1.54, 1.807) is 25.1 Å². The second-order valence-corrected chi connectivity index (χ2v) is 5.75. The number of nitrogens with one attached hydrogen (secondary N) is 1. The lowest BCUT2D eigenvalue weighted by Gasteiger charge is -2.24. The van der Waals surface area contributed by atoms with Gasteiger partial charge in [-0.05, 0) is 37.1 Å². The van der Waals surface area contributed by atoms with Crippen LogP contribution in [0.3, 0.4) is 0 Å². The molecule has 2 rings (SSSR count). The smallest absolute Gasteiger partial charge is 0.310 e. The molecular formula is C19H22N2O3. The zero-order valence-corrected chi connectivity index (χ0v) is 14.1. The Morgan fingerprint density at radius 3 is 2.42 bits per heavy atom. The number of esters is 1. The molecule has 0 radical (unpaired) electrons. The van der Waals surface area contributed by atoms with Crippen LogP contribution in [-0.2, 0) is 9.53 Å². The first kappa shape index (κ1) is 17.5. The van der Waals surface area contributed by atoms with Crippen molar-refractivity contribution in [3.05, 3.63) is 65.2 Å². The summed E-state index contributed by atoms with van der Waals surface area (Å²) in [6.45, 7) is 3.58. The molecule has 2 unspecified atom stereocenters. The maximum Gasteiger partial charge on any atom is 0.310 e. The van der Waals surface area contributed by atoms with Crippen molar-refractivity contribution in [3.8, 4) is 0 Å². The lowest BCUT2D eigenvalue weighted by atomic mass is 9.93. The highest BCUT2D eigenvalue weighted by Gasteiger charge is 2.28. The van der Waals surface area contributed by atoms with E-state index in [1.165, 1.54) is 7.11 Å². The number of carbonyl (C=O) groups excluding carboxylic acids is 2. The molecule has 24 heavy (non-hydrogen) atoms. The maximum absolute atomic E-state index is 12.7. The van der Waals surface area contributed by atoms with E-state index < -0.39 is 12.0 Å². The first-order valence-electron chi connectivity index (χ1n) is 7.73. The number of anilines is 1. The molecule has 0 fully saturated rings. The molecule has 3 N–H and O–H groups in total. The molecular weight excluding hydrogens is 304 g/mol. The molecule has 0 bridgehead atoms. The average Bonchev–Trinajstić information content (AvgIpc) is 2.60. The van der Waals surface area contributed by atoms with Gasteiger partial charge in [0.2, 0.25) is 0 Å². The molecule has 0 saturated carbocycles. The first-order chi connectivity index (χ1) is 11.4. The highest BCUT2D eigenvalue weighted by Crippen LogP contribution is 2.24. The molecule has 0 saturated heterocycles. The minimum atomic E-state index is -0.525. The summed E-state index contributed by atoms with van der Waals surface area (Å²) in [7, 11) is 1.34. The molecule has 0 aliphatic rings. The van der Waals surface area contributed by atoms with Crippen LogP contribution in [0, 0.1) is 12.8 Å². The number of hydrogen-bond acceptors (Lipinski definition) is 4. The molecule has 0 spiro atoms. The van der Waals surface area contributed by atoms with Crippen molar-refractivity contribution >= 4 is 17.6 Å². The van der Waals surface area contributed by atoms with Crippen LogP contribution < -0.4 is 11.1 Å². The van der Waals surface area contributed by atoms with Crippen LogP contribution >= 0.6 is 0 Å². The summed E-state index contributed by atoms with van der Waals surface area (Å²) in [5, 5.41) is 2.94. The first-order valence-corrected chi connectivity index (χ1v) is 7.73. The van der Waals surface area contributed by atoms with Crippen molar-refractivity contribution in [2.45, 2.75) is 19.9 Å². The normalized spacial score (nSPS) is 13.0. The number of hydrogen-bond donors (Lipinski definition) is 2. The summed E-state index contributed by atoms with van der Waals surface area (Å²) in [6.07, 6.45) is 0. The predicted octanol–water partition coefficient (Wildman–Crippen LogP) is 2.86. The quantitative estimate of drug-likeness (QED) is 0.654. The van der Waals surface area contributed by atoms with Gasteiger partial charge >= 0.3 is 5.97 Å². The van der Waals surface area contributed by atoms with Gasteiger partial charge in [0.05, 0.1) is 19.1 Å². The van der Waals surface area contributed by atoms with Crippen molar-refractivity contribution < 1.29 is 14.3 Å². The van der Waals surface area contributed by atoms with Gasteiger partial charge in [0.15, 0.2) is 0 Å². The summed E-state index contributed by atoms with van der Waals surface area (Å²) in [5.74, 6) is -1.18. The lowest BCUT2D eigenvalue weighted by molar-refractivity contribution is -0.145. The van der Waals surface area contributed by atoms with E-state index in [0.29, 0.717) is 11.3 Å². The molecule has 5 heteroatoms. The Labute approximate surface area is 141 Å². The van der Waals surface area contributed by atoms with Gasteiger partial charge in [0, 0.05) is 11.3 Å². The summed E-state index contributed by atoms with van der Waals surface area (Å²) in [6, 6.07) is 14.0. The standard InChI is InChI=1S/C19H22N2O3/c1-12-9-10-15(20)11-16(12)18(22)21-17(13(2)19(23)24-3)14-7-5-4-6-8-14/h4-11,13,17H,20H2,1-3H3,(H,21,22). The van der Waals surface area contributed by atoms with Crippen LogP contribution in [-0.4, -0.2) is 19.0 Å². The number of rotatable bonds is 5. The second kappa shape index (κ2) is 7.64. The van der Waals surface area contributed by atoms with Gasteiger partial charge < -0.3 is 15.8 Å². The van der Waals surface area contributed by atoms with Gasteiger partial charge in [-0.25, -0.2) is 0 Å². The van der Waals surface area contributed by atoms with Crippen molar-refractivity contribution in [1.29, 1.82) is 0 Å². The number of amides is 1. The van der Waals surface area contributed by atoms with E-state index >= 15 is 0 Å². The lowest BCUT2D eigenvalue weighted by Crippen LogP contribution is -2.36. The Bertz CT molecular complexity index is 729. The number of nitrogen functional groups attached to an aromatic ring is 1. The van der Waals surface area contributed by atoms with E-state index in [0.717, 1.165) is 11.1 Å². The Balaban J connectivity index is 2.33. The van der Waals surface area contributed by atoms with Gasteiger partial charge in [-0.15, -0.1) is 0 Å². The molecule has 0 aliphatic heterocycles. The summed E-state index contributed by atoms with van der Waals surface area (Å²) in [4.78, 5) is 24.7. The predicted molar refractivity (Wildman–Crippen MR) is 93.4 cm³/mol. The SMILES string of the molecule is COC(=O)C(C)C(NC(=O)c1cc(N)ccc1C)c1ccccc1. The minimum absolute atomic E-state index is 0.274. The van der Waals surface area contributed by atoms with E-state index in [4.69, 9.17) is 10.5 Å². The molecule has 0 heterocycles. The van der Waals surface area contributed by atoms with Crippen LogP contribution in [0.15, 0.2) is 48.5 Å². The van der Waals surface area contributed by atoms with Crippen molar-refractivity contribution in [3.63, 3.8) is 0 Å². The molecule has 2 aromatic rings. The van der Waals surface area contributed by atoms with Crippen molar-refractivity contribution in [2.75, 3.05) is 12.8 Å². The zero-order chi connectivity index (χ0) is 17.7. The molecule has 126 valence electrons. The Hall–Kier alpha value is -2.82. The van der Waals surface area contributed by atoms with E-state index in [1.807, 2.05) is 37.3 Å². The fourth-order valence-corrected chi connectivity index (χ4v) is 2.58. The van der Waals surface area contributed by atoms with E-state index in [9.17, 15) is 9.59 Å².